The van der Waals surface area contributed by atoms with Crippen LogP contribution in [0.3, 0.4) is 0 Å². The van der Waals surface area contributed by atoms with Crippen LogP contribution in [0.2, 0.25) is 0 Å². The topological polar surface area (TPSA) is 238 Å². The Labute approximate surface area is 449 Å². The number of aliphatic hydroxyl groups is 1. The number of hydrogen-bond acceptors (Lipinski definition) is 19. The third-order valence-electron chi connectivity index (χ3n) is 13.7. The first-order valence-electron chi connectivity index (χ1n) is 25.4. The van der Waals surface area contributed by atoms with Crippen molar-refractivity contribution in [2.45, 2.75) is 119 Å². The Morgan fingerprint density at radius 2 is 1.69 bits per heavy atom. The van der Waals surface area contributed by atoms with E-state index in [-0.39, 0.29) is 59.2 Å². The van der Waals surface area contributed by atoms with Crippen molar-refractivity contribution in [2.24, 2.45) is 12.2 Å². The Hall–Kier alpha value is -5.95. The first-order chi connectivity index (χ1) is 36.3. The monoisotopic (exact) mass is 1100 g/mol. The van der Waals surface area contributed by atoms with E-state index in [4.69, 9.17) is 25.0 Å². The molecular formula is C51H60FN10O9S4+. The summed E-state index contributed by atoms with van der Waals surface area (Å²) in [6.45, 7) is 5.29. The zero-order valence-electron chi connectivity index (χ0n) is 42.0. The number of hydrogen-bond donors (Lipinski definition) is 3. The molecule has 0 aliphatic carbocycles. The third-order valence-corrected chi connectivity index (χ3v) is 17.7. The predicted molar refractivity (Wildman–Crippen MR) is 286 cm³/mol. The van der Waals surface area contributed by atoms with E-state index >= 15 is 4.39 Å². The molecule has 0 bridgehead atoms. The largest absolute Gasteiger partial charge is 0.462 e. The summed E-state index contributed by atoms with van der Waals surface area (Å²) >= 11 is 5.06. The van der Waals surface area contributed by atoms with Gasteiger partial charge in [-0.05, 0) is 58.4 Å². The number of benzene rings is 1. The number of thioether (sulfide) groups is 2. The summed E-state index contributed by atoms with van der Waals surface area (Å²) in [6.07, 6.45) is 14.2. The highest BCUT2D eigenvalue weighted by atomic mass is 32.2. The number of oxime groups is 1. The SMILES string of the molecule is CCO/N=C(/C(=O)N[C@@H]1C(=O)N2C(C(=O)OCCCCCCCCCCOC(=O)c3cn4c5c(c(N6CCC(O)CC6)c(F)cc5c3=O)CCC4C)=C(Sc3nc(-c4cc[n+](C)cc4)cs3)CSC12)c1nsc(N)n1. The van der Waals surface area contributed by atoms with Crippen LogP contribution in [0.15, 0.2) is 67.1 Å². The average molecular weight is 1100 g/mol. The molecule has 0 spiro atoms. The van der Waals surface area contributed by atoms with Gasteiger partial charge in [0.25, 0.3) is 11.8 Å². The van der Waals surface area contributed by atoms with E-state index in [1.807, 2.05) is 57.9 Å². The number of anilines is 2. The van der Waals surface area contributed by atoms with Gasteiger partial charge in [-0.3, -0.25) is 19.3 Å². The molecule has 2 unspecified atom stereocenters. The lowest BCUT2D eigenvalue weighted by Gasteiger charge is -2.49. The minimum atomic E-state index is -0.975. The van der Waals surface area contributed by atoms with Crippen LogP contribution >= 0.6 is 46.4 Å². The van der Waals surface area contributed by atoms with Crippen molar-refractivity contribution in [3.63, 3.8) is 0 Å². The van der Waals surface area contributed by atoms with Crippen LogP contribution in [-0.2, 0) is 42.2 Å². The lowest BCUT2D eigenvalue weighted by molar-refractivity contribution is -0.671. The minimum Gasteiger partial charge on any atom is -0.462 e. The van der Waals surface area contributed by atoms with Crippen molar-refractivity contribution < 1.29 is 47.6 Å². The fourth-order valence-corrected chi connectivity index (χ4v) is 13.6. The minimum absolute atomic E-state index is 0.00325. The molecule has 0 radical (unpaired) electrons. The first-order valence-corrected chi connectivity index (χ1v) is 28.9. The Morgan fingerprint density at radius 1 is 1.00 bits per heavy atom. The Morgan fingerprint density at radius 3 is 2.37 bits per heavy atom. The maximum Gasteiger partial charge on any atom is 0.355 e. The van der Waals surface area contributed by atoms with Gasteiger partial charge in [0.2, 0.25) is 17.0 Å². The molecule has 4 N–H and O–H groups in total. The van der Waals surface area contributed by atoms with Gasteiger partial charge in [0.1, 0.15) is 42.1 Å². The van der Waals surface area contributed by atoms with Crippen LogP contribution in [0.5, 0.6) is 0 Å². The van der Waals surface area contributed by atoms with Crippen LogP contribution in [0, 0.1) is 5.82 Å². The highest BCUT2D eigenvalue weighted by Crippen LogP contribution is 2.46. The molecule has 0 saturated carbocycles. The molecule has 4 aromatic heterocycles. The maximum absolute atomic E-state index is 15.8. The molecule has 75 heavy (non-hydrogen) atoms. The van der Waals surface area contributed by atoms with Gasteiger partial charge in [-0.15, -0.1) is 23.1 Å². The lowest BCUT2D eigenvalue weighted by Crippen LogP contribution is -2.71. The third kappa shape index (κ3) is 12.0. The number of nitrogens with two attached hydrogens (primary N) is 1. The smallest absolute Gasteiger partial charge is 0.355 e. The summed E-state index contributed by atoms with van der Waals surface area (Å²) in [6, 6.07) is 4.24. The van der Waals surface area contributed by atoms with E-state index in [0.29, 0.717) is 71.4 Å². The molecule has 19 nitrogen and oxygen atoms in total. The molecule has 2 amide bonds. The first kappa shape index (κ1) is 53.9. The second-order valence-corrected chi connectivity index (χ2v) is 23.0. The number of thiazole rings is 1. The number of rotatable bonds is 22. The van der Waals surface area contributed by atoms with Gasteiger partial charge in [-0.2, -0.15) is 9.36 Å². The number of pyridine rings is 2. The molecule has 4 aliphatic heterocycles. The number of carbonyl (C=O) groups is 4. The maximum atomic E-state index is 15.8. The number of esters is 2. The number of piperidine rings is 1. The van der Waals surface area contributed by atoms with E-state index in [0.717, 1.165) is 73.3 Å². The van der Waals surface area contributed by atoms with E-state index in [2.05, 4.69) is 19.8 Å². The summed E-state index contributed by atoms with van der Waals surface area (Å²) in [5.74, 6) is -2.70. The van der Waals surface area contributed by atoms with Crippen molar-refractivity contribution in [1.29, 1.82) is 0 Å². The summed E-state index contributed by atoms with van der Waals surface area (Å²) in [5.41, 5.74) is 8.72. The molecule has 9 rings (SSSR count). The van der Waals surface area contributed by atoms with E-state index in [1.54, 1.807) is 13.1 Å². The molecule has 24 heteroatoms. The summed E-state index contributed by atoms with van der Waals surface area (Å²) in [7, 11) is 1.94. The number of nitrogens with zero attached hydrogens (tertiary/aromatic N) is 8. The van der Waals surface area contributed by atoms with Gasteiger partial charge in [0, 0.05) is 81.5 Å². The highest BCUT2D eigenvalue weighted by Gasteiger charge is 2.55. The lowest BCUT2D eigenvalue weighted by atomic mass is 9.93. The number of ether oxygens (including phenoxy) is 2. The van der Waals surface area contributed by atoms with E-state index in [9.17, 15) is 29.1 Å². The summed E-state index contributed by atoms with van der Waals surface area (Å²) in [5, 5.41) is 18.3. The molecule has 5 aromatic rings. The second-order valence-electron chi connectivity index (χ2n) is 18.9. The van der Waals surface area contributed by atoms with Gasteiger partial charge in [-0.1, -0.05) is 55.4 Å². The van der Waals surface area contributed by atoms with E-state index < -0.39 is 52.5 Å². The number of nitrogen functional groups attached to an aromatic ring is 1. The van der Waals surface area contributed by atoms with Crippen LogP contribution in [0.25, 0.3) is 22.2 Å². The number of carbonyl (C=O) groups excluding carboxylic acids is 4. The van der Waals surface area contributed by atoms with Crippen LogP contribution in [-0.4, -0.2) is 115 Å². The zero-order chi connectivity index (χ0) is 52.8. The summed E-state index contributed by atoms with van der Waals surface area (Å²) < 4.78 is 35.9. The number of aliphatic hydroxyl groups excluding tert-OH is 1. The van der Waals surface area contributed by atoms with Crippen molar-refractivity contribution in [1.82, 2.24) is 29.1 Å². The number of aromatic nitrogens is 5. The van der Waals surface area contributed by atoms with Gasteiger partial charge < -0.3 is 39.9 Å². The number of fused-ring (bicyclic) bond motifs is 1. The molecular weight excluding hydrogens is 1040 g/mol. The quantitative estimate of drug-likeness (QED) is 0.0164. The van der Waals surface area contributed by atoms with Crippen molar-refractivity contribution in [2.75, 3.05) is 49.3 Å². The Balaban J connectivity index is 0.741. The van der Waals surface area contributed by atoms with Crippen molar-refractivity contribution >= 4 is 97.6 Å². The van der Waals surface area contributed by atoms with Gasteiger partial charge in [0.05, 0.1) is 36.2 Å². The fourth-order valence-electron chi connectivity index (χ4n) is 9.68. The van der Waals surface area contributed by atoms with Gasteiger partial charge in [0.15, 0.2) is 21.9 Å². The number of aryl methyl sites for hydroxylation is 2. The van der Waals surface area contributed by atoms with Crippen LogP contribution in [0.1, 0.15) is 112 Å². The van der Waals surface area contributed by atoms with Crippen molar-refractivity contribution in [3.8, 4) is 11.3 Å². The average Bonchev–Trinajstić information content (AvgIpc) is 4.06. The van der Waals surface area contributed by atoms with Gasteiger partial charge in [-0.25, -0.2) is 23.5 Å². The zero-order valence-corrected chi connectivity index (χ0v) is 45.2. The van der Waals surface area contributed by atoms with Crippen LogP contribution < -0.4 is 25.9 Å². The molecule has 8 heterocycles. The predicted octanol–water partition coefficient (Wildman–Crippen LogP) is 6.66. The molecule has 4 aliphatic rings. The molecule has 2 fully saturated rings. The van der Waals surface area contributed by atoms with E-state index in [1.165, 1.54) is 45.8 Å². The molecule has 398 valence electrons. The number of unbranched alkanes of at least 4 members (excludes halogenated alkanes) is 7. The highest BCUT2D eigenvalue weighted by molar-refractivity contribution is 8.07. The molecule has 3 atom stereocenters. The molecule has 1 aromatic carbocycles. The van der Waals surface area contributed by atoms with Crippen molar-refractivity contribution in [3.05, 3.63) is 85.8 Å². The summed E-state index contributed by atoms with van der Waals surface area (Å²) in [4.78, 5) is 86.4. The fraction of sp³-hybridized carbons (Fsp3) is 0.490. The van der Waals surface area contributed by atoms with Gasteiger partial charge >= 0.3 is 11.9 Å². The standard InChI is InChI=1S/C51H59FN10O9S4/c1-4-71-57-38(44-56-50(53)75-58-44)45(65)55-39-46(66)62-42(37(28-72-47(39)62)74-51-54-36(27-73-51)30-15-19-59(3)20-16-30)49(68)70-24-12-10-8-6-5-7-9-11-23-69-48(67)34-26-61-29(2)13-14-32-40(61)33(43(34)64)25-35(52)41(32)60-21-17-31(63)18-22-60/h15-16,19-20,25-27,29,31,39,47,63H,4-14,17-18,21-24,28H2,1-3H3,(H2-,53,55,56,58,65)/p+1/b57-38+/t29?,39-,47?/m1/s1. The number of halogens is 1. The number of nitrogens with one attached hydrogen (secondary N) is 1. The Kier molecular flexibility index (Phi) is 17.5. The second kappa shape index (κ2) is 24.4. The Bertz CT molecular complexity index is 3060. The number of amides is 2. The van der Waals surface area contributed by atoms with Crippen LogP contribution in [0.4, 0.5) is 15.2 Å². The normalized spacial score (nSPS) is 18.8. The number of β-lactam (4-membered cyclic amide) rings is 1. The molecule has 2 saturated heterocycles.